The Morgan fingerprint density at radius 3 is 1.94 bits per heavy atom. The first kappa shape index (κ1) is 24.2. The standard InChI is InChI=1S/C28H31FN2O2/c1-3-20(2)26(31-27(32)24-16-10-11-17-25(24)29)28(33)30-19-18-23(21-12-6-4-7-13-21)22-14-8-5-9-15-22/h4-17,20,23,26H,3,18-19H2,1-2H3,(H,30,33)(H,31,32). The van der Waals surface area contributed by atoms with Crippen molar-refractivity contribution in [2.75, 3.05) is 6.54 Å². The van der Waals surface area contributed by atoms with Gasteiger partial charge in [-0.05, 0) is 35.6 Å². The summed E-state index contributed by atoms with van der Waals surface area (Å²) in [6.45, 7) is 4.32. The van der Waals surface area contributed by atoms with Crippen LogP contribution < -0.4 is 10.6 Å². The lowest BCUT2D eigenvalue weighted by Crippen LogP contribution is -2.50. The zero-order chi connectivity index (χ0) is 23.6. The predicted octanol–water partition coefficient (Wildman–Crippen LogP) is 5.31. The second kappa shape index (κ2) is 12.0. The van der Waals surface area contributed by atoms with Crippen LogP contribution in [0.15, 0.2) is 84.9 Å². The Hall–Kier alpha value is -3.47. The molecule has 0 aromatic heterocycles. The van der Waals surface area contributed by atoms with Gasteiger partial charge in [0.05, 0.1) is 5.56 Å². The van der Waals surface area contributed by atoms with E-state index in [0.717, 1.165) is 0 Å². The number of carbonyl (C=O) groups is 2. The number of hydrogen-bond donors (Lipinski definition) is 2. The number of nitrogens with one attached hydrogen (secondary N) is 2. The normalized spacial score (nSPS) is 12.7. The Morgan fingerprint density at radius 2 is 1.39 bits per heavy atom. The minimum atomic E-state index is -0.742. The SMILES string of the molecule is CCC(C)C(NC(=O)c1ccccc1F)C(=O)NCCC(c1ccccc1)c1ccccc1. The first-order valence-corrected chi connectivity index (χ1v) is 11.4. The van der Waals surface area contributed by atoms with Crippen molar-refractivity contribution in [1.82, 2.24) is 10.6 Å². The molecule has 0 bridgehead atoms. The third-order valence-electron chi connectivity index (χ3n) is 6.04. The summed E-state index contributed by atoms with van der Waals surface area (Å²) in [7, 11) is 0. The molecule has 4 nitrogen and oxygen atoms in total. The van der Waals surface area contributed by atoms with E-state index in [-0.39, 0.29) is 23.3 Å². The van der Waals surface area contributed by atoms with Crippen LogP contribution in [0.2, 0.25) is 0 Å². The second-order valence-corrected chi connectivity index (χ2v) is 8.27. The van der Waals surface area contributed by atoms with Gasteiger partial charge in [0.2, 0.25) is 5.91 Å². The van der Waals surface area contributed by atoms with E-state index in [2.05, 4.69) is 34.9 Å². The van der Waals surface area contributed by atoms with Crippen LogP contribution in [-0.4, -0.2) is 24.4 Å². The van der Waals surface area contributed by atoms with Gasteiger partial charge in [-0.15, -0.1) is 0 Å². The van der Waals surface area contributed by atoms with Gasteiger partial charge in [-0.3, -0.25) is 9.59 Å². The summed E-state index contributed by atoms with van der Waals surface area (Å²) in [5, 5.41) is 5.73. The maximum absolute atomic E-state index is 14.0. The van der Waals surface area contributed by atoms with Crippen LogP contribution >= 0.6 is 0 Å². The van der Waals surface area contributed by atoms with E-state index in [9.17, 15) is 14.0 Å². The molecule has 2 amide bonds. The van der Waals surface area contributed by atoms with Crippen molar-refractivity contribution in [2.45, 2.75) is 38.6 Å². The highest BCUT2D eigenvalue weighted by Crippen LogP contribution is 2.27. The van der Waals surface area contributed by atoms with Crippen LogP contribution in [0.25, 0.3) is 0 Å². The van der Waals surface area contributed by atoms with E-state index < -0.39 is 17.8 Å². The summed E-state index contributed by atoms with van der Waals surface area (Å²) >= 11 is 0. The molecule has 0 saturated carbocycles. The summed E-state index contributed by atoms with van der Waals surface area (Å²) in [5.41, 5.74) is 2.31. The van der Waals surface area contributed by atoms with Gasteiger partial charge in [0.15, 0.2) is 0 Å². The molecule has 3 rings (SSSR count). The average Bonchev–Trinajstić information content (AvgIpc) is 2.85. The monoisotopic (exact) mass is 446 g/mol. The van der Waals surface area contributed by atoms with Crippen LogP contribution in [0.3, 0.4) is 0 Å². The van der Waals surface area contributed by atoms with Crippen LogP contribution in [0, 0.1) is 11.7 Å². The number of amides is 2. The lowest BCUT2D eigenvalue weighted by atomic mass is 9.88. The Morgan fingerprint density at radius 1 is 0.848 bits per heavy atom. The smallest absolute Gasteiger partial charge is 0.254 e. The number of hydrogen-bond acceptors (Lipinski definition) is 2. The molecule has 0 heterocycles. The van der Waals surface area contributed by atoms with Crippen molar-refractivity contribution < 1.29 is 14.0 Å². The quantitative estimate of drug-likeness (QED) is 0.444. The van der Waals surface area contributed by atoms with Gasteiger partial charge in [0.25, 0.3) is 5.91 Å². The Bertz CT molecular complexity index is 1000. The number of benzene rings is 3. The highest BCUT2D eigenvalue weighted by atomic mass is 19.1. The number of rotatable bonds is 10. The highest BCUT2D eigenvalue weighted by Gasteiger charge is 2.27. The van der Waals surface area contributed by atoms with Crippen molar-refractivity contribution in [3.05, 3.63) is 107 Å². The molecule has 5 heteroatoms. The zero-order valence-electron chi connectivity index (χ0n) is 19.1. The van der Waals surface area contributed by atoms with E-state index in [1.165, 1.54) is 29.3 Å². The summed E-state index contributed by atoms with van der Waals surface area (Å²) in [6.07, 6.45) is 1.42. The van der Waals surface area contributed by atoms with Gasteiger partial charge >= 0.3 is 0 Å². The molecular formula is C28H31FN2O2. The minimum Gasteiger partial charge on any atom is -0.354 e. The first-order chi connectivity index (χ1) is 16.0. The van der Waals surface area contributed by atoms with Crippen LogP contribution in [0.5, 0.6) is 0 Å². The summed E-state index contributed by atoms with van der Waals surface area (Å²) < 4.78 is 14.0. The topological polar surface area (TPSA) is 58.2 Å². The molecule has 0 saturated heterocycles. The third kappa shape index (κ3) is 6.51. The van der Waals surface area contributed by atoms with Crippen molar-refractivity contribution in [1.29, 1.82) is 0 Å². The molecule has 0 aliphatic rings. The fourth-order valence-electron chi connectivity index (χ4n) is 3.91. The van der Waals surface area contributed by atoms with Crippen LogP contribution in [0.4, 0.5) is 4.39 Å². The highest BCUT2D eigenvalue weighted by molar-refractivity contribution is 5.97. The lowest BCUT2D eigenvalue weighted by molar-refractivity contribution is -0.124. The van der Waals surface area contributed by atoms with Gasteiger partial charge in [-0.2, -0.15) is 0 Å². The molecule has 0 radical (unpaired) electrons. The van der Waals surface area contributed by atoms with Gasteiger partial charge in [0.1, 0.15) is 11.9 Å². The molecule has 172 valence electrons. The van der Waals surface area contributed by atoms with Gasteiger partial charge in [0, 0.05) is 12.5 Å². The second-order valence-electron chi connectivity index (χ2n) is 8.27. The van der Waals surface area contributed by atoms with E-state index in [1.54, 1.807) is 6.07 Å². The molecule has 3 aromatic rings. The molecule has 3 aromatic carbocycles. The molecule has 2 N–H and O–H groups in total. The molecule has 0 aliphatic heterocycles. The molecule has 33 heavy (non-hydrogen) atoms. The van der Waals surface area contributed by atoms with Gasteiger partial charge in [-0.25, -0.2) is 4.39 Å². The van der Waals surface area contributed by atoms with E-state index in [4.69, 9.17) is 0 Å². The molecular weight excluding hydrogens is 415 g/mol. The predicted molar refractivity (Wildman–Crippen MR) is 129 cm³/mol. The largest absolute Gasteiger partial charge is 0.354 e. The van der Waals surface area contributed by atoms with Crippen molar-refractivity contribution in [3.63, 3.8) is 0 Å². The maximum atomic E-state index is 14.0. The molecule has 0 spiro atoms. The fraction of sp³-hybridized carbons (Fsp3) is 0.286. The fourth-order valence-corrected chi connectivity index (χ4v) is 3.91. The lowest BCUT2D eigenvalue weighted by Gasteiger charge is -2.24. The summed E-state index contributed by atoms with van der Waals surface area (Å²) in [4.78, 5) is 25.7. The Labute approximate surface area is 195 Å². The number of carbonyl (C=O) groups excluding carboxylic acids is 2. The van der Waals surface area contributed by atoms with E-state index >= 15 is 0 Å². The summed E-state index contributed by atoms with van der Waals surface area (Å²) in [6, 6.07) is 25.5. The van der Waals surface area contributed by atoms with Crippen molar-refractivity contribution in [3.8, 4) is 0 Å². The third-order valence-corrected chi connectivity index (χ3v) is 6.04. The maximum Gasteiger partial charge on any atom is 0.254 e. The Kier molecular flexibility index (Phi) is 8.76. The molecule has 0 fully saturated rings. The first-order valence-electron chi connectivity index (χ1n) is 11.4. The van der Waals surface area contributed by atoms with Gasteiger partial charge in [-0.1, -0.05) is 93.1 Å². The number of halogens is 1. The van der Waals surface area contributed by atoms with Gasteiger partial charge < -0.3 is 10.6 Å². The van der Waals surface area contributed by atoms with E-state index in [1.807, 2.05) is 50.2 Å². The van der Waals surface area contributed by atoms with Crippen LogP contribution in [-0.2, 0) is 4.79 Å². The molecule has 2 atom stereocenters. The molecule has 2 unspecified atom stereocenters. The summed E-state index contributed by atoms with van der Waals surface area (Å²) in [5.74, 6) is -1.40. The van der Waals surface area contributed by atoms with E-state index in [0.29, 0.717) is 19.4 Å². The van der Waals surface area contributed by atoms with Crippen molar-refractivity contribution >= 4 is 11.8 Å². The van der Waals surface area contributed by atoms with Crippen molar-refractivity contribution in [2.24, 2.45) is 5.92 Å². The average molecular weight is 447 g/mol. The van der Waals surface area contributed by atoms with Crippen LogP contribution in [0.1, 0.15) is 54.1 Å². The molecule has 0 aliphatic carbocycles. The minimum absolute atomic E-state index is 0.0631. The Balaban J connectivity index is 1.68. The zero-order valence-corrected chi connectivity index (χ0v) is 19.1.